The number of hydrogen-bond donors (Lipinski definition) is 1. The number of ether oxygens (including phenoxy) is 2. The smallest absolute Gasteiger partial charge is 0.282 e. The molecule has 11 heteroatoms. The molecule has 1 heterocycles. The fourth-order valence-electron chi connectivity index (χ4n) is 3.81. The number of fused-ring (bicyclic) bond motifs is 1. The molecule has 1 N–H and O–H groups in total. The standard InChI is InChI=1S/C29H27Br3N4O4/c1-5-39-22-13-17(24(31)25(32)26(22)40-16-23(37)34-19-9-7-6-8-10-19)15-33-36-27(38)20-14-18(30)11-12-21(20)35-28(36)29(2,3)4/h6-15H,5,16H2,1-4H3,(H,34,37). The summed E-state index contributed by atoms with van der Waals surface area (Å²) in [6.45, 7) is 7.93. The molecule has 0 aliphatic heterocycles. The van der Waals surface area contributed by atoms with Gasteiger partial charge in [0.1, 0.15) is 5.82 Å². The maximum atomic E-state index is 13.5. The molecular weight excluding hydrogens is 708 g/mol. The highest BCUT2D eigenvalue weighted by atomic mass is 79.9. The average Bonchev–Trinajstić information content (AvgIpc) is 2.90. The minimum absolute atomic E-state index is 0.226. The van der Waals surface area contributed by atoms with Crippen molar-refractivity contribution in [2.45, 2.75) is 33.1 Å². The number of anilines is 1. The van der Waals surface area contributed by atoms with Gasteiger partial charge in [0.15, 0.2) is 18.1 Å². The predicted molar refractivity (Wildman–Crippen MR) is 169 cm³/mol. The number of nitrogens with one attached hydrogen (secondary N) is 1. The Morgan fingerprint density at radius 3 is 2.45 bits per heavy atom. The number of carbonyl (C=O) groups is 1. The Kier molecular flexibility index (Phi) is 9.48. The first-order valence-corrected chi connectivity index (χ1v) is 14.8. The number of benzene rings is 3. The highest BCUT2D eigenvalue weighted by Gasteiger charge is 2.23. The van der Waals surface area contributed by atoms with Crippen LogP contribution in [0.1, 0.15) is 39.1 Å². The van der Waals surface area contributed by atoms with Crippen LogP contribution in [0.4, 0.5) is 5.69 Å². The number of para-hydroxylation sites is 1. The van der Waals surface area contributed by atoms with Crippen molar-refractivity contribution in [3.8, 4) is 11.5 Å². The summed E-state index contributed by atoms with van der Waals surface area (Å²) in [7, 11) is 0. The lowest BCUT2D eigenvalue weighted by Gasteiger charge is -2.21. The maximum Gasteiger partial charge on any atom is 0.282 e. The largest absolute Gasteiger partial charge is 0.490 e. The minimum atomic E-state index is -0.454. The summed E-state index contributed by atoms with van der Waals surface area (Å²) in [4.78, 5) is 30.7. The second kappa shape index (κ2) is 12.7. The van der Waals surface area contributed by atoms with Crippen molar-refractivity contribution >= 4 is 76.5 Å². The van der Waals surface area contributed by atoms with Gasteiger partial charge in [-0.2, -0.15) is 9.78 Å². The summed E-state index contributed by atoms with van der Waals surface area (Å²) in [6.07, 6.45) is 1.56. The third-order valence-electron chi connectivity index (χ3n) is 5.65. The number of amides is 1. The number of halogens is 3. The normalized spacial score (nSPS) is 11.7. The molecule has 1 aromatic heterocycles. The van der Waals surface area contributed by atoms with Crippen LogP contribution in [0.2, 0.25) is 0 Å². The van der Waals surface area contributed by atoms with Gasteiger partial charge in [0.25, 0.3) is 11.5 Å². The lowest BCUT2D eigenvalue weighted by molar-refractivity contribution is -0.118. The van der Waals surface area contributed by atoms with Crippen LogP contribution in [0.15, 0.2) is 77.9 Å². The molecule has 3 aromatic carbocycles. The van der Waals surface area contributed by atoms with Crippen LogP contribution in [0, 0.1) is 0 Å². The highest BCUT2D eigenvalue weighted by molar-refractivity contribution is 9.13. The summed E-state index contributed by atoms with van der Waals surface area (Å²) < 4.78 is 15.0. The second-order valence-corrected chi connectivity index (χ2v) is 12.3. The summed E-state index contributed by atoms with van der Waals surface area (Å²) in [5.74, 6) is 0.981. The Morgan fingerprint density at radius 2 is 1.77 bits per heavy atom. The molecule has 0 aliphatic carbocycles. The molecule has 0 unspecified atom stereocenters. The minimum Gasteiger partial charge on any atom is -0.490 e. The molecule has 0 saturated carbocycles. The van der Waals surface area contributed by atoms with Crippen molar-refractivity contribution in [3.05, 3.63) is 89.8 Å². The van der Waals surface area contributed by atoms with Crippen LogP contribution in [0.3, 0.4) is 0 Å². The van der Waals surface area contributed by atoms with E-state index in [0.717, 1.165) is 4.47 Å². The Labute approximate surface area is 257 Å². The molecule has 1 amide bonds. The fourth-order valence-corrected chi connectivity index (χ4v) is 5.11. The van der Waals surface area contributed by atoms with Gasteiger partial charge >= 0.3 is 0 Å². The van der Waals surface area contributed by atoms with E-state index in [9.17, 15) is 9.59 Å². The Hall–Kier alpha value is -3.02. The molecule has 40 heavy (non-hydrogen) atoms. The van der Waals surface area contributed by atoms with Gasteiger partial charge in [-0.15, -0.1) is 0 Å². The molecule has 0 spiro atoms. The number of hydrogen-bond acceptors (Lipinski definition) is 6. The van der Waals surface area contributed by atoms with Crippen LogP contribution in [-0.2, 0) is 10.2 Å². The monoisotopic (exact) mass is 732 g/mol. The van der Waals surface area contributed by atoms with Gasteiger partial charge in [0, 0.05) is 25.6 Å². The SMILES string of the molecule is CCOc1cc(C=Nn2c(C(C)(C)C)nc3ccc(Br)cc3c2=O)c(Br)c(Br)c1OCC(=O)Nc1ccccc1. The zero-order chi connectivity index (χ0) is 29.0. The molecule has 0 atom stereocenters. The van der Waals surface area contributed by atoms with Gasteiger partial charge in [-0.3, -0.25) is 9.59 Å². The van der Waals surface area contributed by atoms with Crippen LogP contribution < -0.4 is 20.3 Å². The van der Waals surface area contributed by atoms with Crippen molar-refractivity contribution in [1.29, 1.82) is 0 Å². The third-order valence-corrected chi connectivity index (χ3v) is 8.29. The van der Waals surface area contributed by atoms with Crippen molar-refractivity contribution in [3.63, 3.8) is 0 Å². The number of nitrogens with zero attached hydrogens (tertiary/aromatic N) is 3. The summed E-state index contributed by atoms with van der Waals surface area (Å²) in [6, 6.07) is 16.3. The van der Waals surface area contributed by atoms with E-state index in [2.05, 4.69) is 58.2 Å². The summed E-state index contributed by atoms with van der Waals surface area (Å²) >= 11 is 10.6. The van der Waals surface area contributed by atoms with Crippen molar-refractivity contribution in [2.75, 3.05) is 18.5 Å². The average molecular weight is 735 g/mol. The van der Waals surface area contributed by atoms with Gasteiger partial charge < -0.3 is 14.8 Å². The number of rotatable bonds is 8. The third kappa shape index (κ3) is 6.82. The molecule has 4 rings (SSSR count). The van der Waals surface area contributed by atoms with Crippen LogP contribution in [0.25, 0.3) is 10.9 Å². The molecule has 0 saturated heterocycles. The number of aromatic nitrogens is 2. The van der Waals surface area contributed by atoms with Gasteiger partial charge in [0.05, 0.1) is 28.2 Å². The molecular formula is C29H27Br3N4O4. The molecule has 0 radical (unpaired) electrons. The van der Waals surface area contributed by atoms with Crippen molar-refractivity contribution in [2.24, 2.45) is 5.10 Å². The summed E-state index contributed by atoms with van der Waals surface area (Å²) in [5, 5.41) is 7.81. The van der Waals surface area contributed by atoms with E-state index in [1.807, 2.05) is 58.0 Å². The lowest BCUT2D eigenvalue weighted by atomic mass is 9.95. The van der Waals surface area contributed by atoms with E-state index in [0.29, 0.717) is 55.0 Å². The van der Waals surface area contributed by atoms with Crippen LogP contribution in [0.5, 0.6) is 11.5 Å². The topological polar surface area (TPSA) is 94.8 Å². The fraction of sp³-hybridized carbons (Fsp3) is 0.241. The van der Waals surface area contributed by atoms with E-state index in [-0.39, 0.29) is 18.1 Å². The van der Waals surface area contributed by atoms with Gasteiger partial charge in [-0.05, 0) is 75.2 Å². The van der Waals surface area contributed by atoms with Crippen LogP contribution >= 0.6 is 47.8 Å². The molecule has 208 valence electrons. The predicted octanol–water partition coefficient (Wildman–Crippen LogP) is 7.28. The van der Waals surface area contributed by atoms with Gasteiger partial charge in [0.2, 0.25) is 0 Å². The van der Waals surface area contributed by atoms with E-state index in [4.69, 9.17) is 14.5 Å². The summed E-state index contributed by atoms with van der Waals surface area (Å²) in [5.41, 5.74) is 1.16. The first-order chi connectivity index (χ1) is 19.0. The molecule has 8 nitrogen and oxygen atoms in total. The maximum absolute atomic E-state index is 13.5. The van der Waals surface area contributed by atoms with Gasteiger partial charge in [-0.25, -0.2) is 4.98 Å². The zero-order valence-corrected chi connectivity index (χ0v) is 27.1. The van der Waals surface area contributed by atoms with E-state index in [1.54, 1.807) is 30.5 Å². The van der Waals surface area contributed by atoms with E-state index in [1.165, 1.54) is 4.68 Å². The Morgan fingerprint density at radius 1 is 1.05 bits per heavy atom. The Balaban J connectivity index is 1.70. The quantitative estimate of drug-likeness (QED) is 0.192. The first-order valence-electron chi connectivity index (χ1n) is 12.4. The number of carbonyl (C=O) groups excluding carboxylic acids is 1. The molecule has 0 bridgehead atoms. The Bertz CT molecular complexity index is 1650. The van der Waals surface area contributed by atoms with Crippen LogP contribution in [-0.4, -0.2) is 35.0 Å². The first kappa shape index (κ1) is 30.0. The zero-order valence-electron chi connectivity index (χ0n) is 22.3. The van der Waals surface area contributed by atoms with Gasteiger partial charge in [-0.1, -0.05) is 54.9 Å². The molecule has 0 aliphatic rings. The van der Waals surface area contributed by atoms with Crippen molar-refractivity contribution in [1.82, 2.24) is 9.66 Å². The van der Waals surface area contributed by atoms with Crippen molar-refractivity contribution < 1.29 is 14.3 Å². The van der Waals surface area contributed by atoms with E-state index < -0.39 is 5.41 Å². The lowest BCUT2D eigenvalue weighted by Crippen LogP contribution is -2.29. The second-order valence-electron chi connectivity index (χ2n) is 9.77. The molecule has 4 aromatic rings. The van der Waals surface area contributed by atoms with E-state index >= 15 is 0 Å². The molecule has 0 fully saturated rings. The highest BCUT2D eigenvalue weighted by Crippen LogP contribution is 2.42.